The van der Waals surface area contributed by atoms with Crippen molar-refractivity contribution in [3.63, 3.8) is 0 Å². The maximum Gasteiger partial charge on any atom is 0.129 e. The standard InChI is InChI=1S/C48H47N3O/c1-30-24-25-34(32-14-5-3-6-15-32)28-39(30)47-31(2)46(49-48(50-47)33-16-7-4-8-17-33)38-20-13-23-44-45(38)40-29-35(26-27-43(40)52-44)51-41-21-11-9-18-36(41)37-19-10-12-22-42(37)51/h3-8,11-14,16-17,20-30,32,36,39,41,44-47H,2,9-10,15,18-19H2,1H3,(H,49,50). The third kappa shape index (κ3) is 5.21. The van der Waals surface area contributed by atoms with Gasteiger partial charge in [-0.15, -0.1) is 0 Å². The summed E-state index contributed by atoms with van der Waals surface area (Å²) in [5, 5.41) is 3.93. The quantitative estimate of drug-likeness (QED) is 0.319. The molecule has 5 aliphatic carbocycles. The van der Waals surface area contributed by atoms with Gasteiger partial charge in [0.05, 0.1) is 24.0 Å². The van der Waals surface area contributed by atoms with E-state index in [-0.39, 0.29) is 30.0 Å². The van der Waals surface area contributed by atoms with E-state index in [9.17, 15) is 0 Å². The van der Waals surface area contributed by atoms with E-state index in [1.807, 2.05) is 0 Å². The van der Waals surface area contributed by atoms with E-state index in [4.69, 9.17) is 16.3 Å². The highest BCUT2D eigenvalue weighted by Gasteiger charge is 2.45. The van der Waals surface area contributed by atoms with Crippen molar-refractivity contribution in [2.24, 2.45) is 28.7 Å². The molecular formula is C48H47N3O. The second-order valence-corrected chi connectivity index (χ2v) is 15.7. The lowest BCUT2D eigenvalue weighted by molar-refractivity contribution is 0.261. The zero-order valence-electron chi connectivity index (χ0n) is 29.9. The minimum absolute atomic E-state index is 0.0585. The number of hydrogen-bond donors (Lipinski definition) is 1. The molecule has 3 aliphatic heterocycles. The zero-order chi connectivity index (χ0) is 34.8. The van der Waals surface area contributed by atoms with Crippen LogP contribution in [0.4, 0.5) is 5.69 Å². The number of ether oxygens (including phenoxy) is 1. The predicted octanol–water partition coefficient (Wildman–Crippen LogP) is 10.0. The van der Waals surface area contributed by atoms with Crippen LogP contribution >= 0.6 is 0 Å². The van der Waals surface area contributed by atoms with E-state index < -0.39 is 0 Å². The van der Waals surface area contributed by atoms with Gasteiger partial charge < -0.3 is 15.0 Å². The van der Waals surface area contributed by atoms with E-state index in [1.54, 1.807) is 5.57 Å². The number of hydrogen-bond acceptors (Lipinski definition) is 4. The lowest BCUT2D eigenvalue weighted by Gasteiger charge is -2.41. The van der Waals surface area contributed by atoms with Crippen LogP contribution in [-0.4, -0.2) is 30.1 Å². The number of anilines is 1. The van der Waals surface area contributed by atoms with Gasteiger partial charge in [-0.3, -0.25) is 4.99 Å². The number of aliphatic imine (C=N–C) groups is 1. The number of amidine groups is 1. The van der Waals surface area contributed by atoms with Crippen molar-refractivity contribution in [2.45, 2.75) is 69.2 Å². The molecule has 10 rings (SSSR count). The summed E-state index contributed by atoms with van der Waals surface area (Å²) < 4.78 is 6.75. The molecule has 4 heteroatoms. The third-order valence-electron chi connectivity index (χ3n) is 12.8. The average Bonchev–Trinajstić information content (AvgIpc) is 3.74. The van der Waals surface area contributed by atoms with Gasteiger partial charge in [0.25, 0.3) is 0 Å². The Hall–Kier alpha value is -5.09. The molecule has 0 spiro atoms. The topological polar surface area (TPSA) is 36.9 Å². The molecule has 2 aromatic rings. The van der Waals surface area contributed by atoms with Crippen LogP contribution in [0.3, 0.4) is 0 Å². The number of allylic oxidation sites excluding steroid dienone is 12. The molecule has 52 heavy (non-hydrogen) atoms. The minimum Gasteiger partial charge on any atom is -0.485 e. The van der Waals surface area contributed by atoms with Gasteiger partial charge >= 0.3 is 0 Å². The van der Waals surface area contributed by atoms with Gasteiger partial charge in [0, 0.05) is 40.3 Å². The Bertz CT molecular complexity index is 2120. The molecule has 260 valence electrons. The lowest BCUT2D eigenvalue weighted by Crippen LogP contribution is -2.49. The first-order valence-electron chi connectivity index (χ1n) is 19.5. The molecule has 0 saturated heterocycles. The predicted molar refractivity (Wildman–Crippen MR) is 213 cm³/mol. The van der Waals surface area contributed by atoms with Gasteiger partial charge in [0.15, 0.2) is 0 Å². The summed E-state index contributed by atoms with van der Waals surface area (Å²) in [6, 6.07) is 17.8. The summed E-state index contributed by atoms with van der Waals surface area (Å²) in [6.07, 6.45) is 38.3. The summed E-state index contributed by atoms with van der Waals surface area (Å²) in [7, 11) is 0. The normalized spacial score (nSPS) is 33.8. The summed E-state index contributed by atoms with van der Waals surface area (Å²) in [5.41, 5.74) is 10.5. The van der Waals surface area contributed by atoms with E-state index in [0.29, 0.717) is 23.8 Å². The molecule has 0 amide bonds. The van der Waals surface area contributed by atoms with Crippen molar-refractivity contribution in [2.75, 3.05) is 4.90 Å². The van der Waals surface area contributed by atoms with Crippen LogP contribution in [0.5, 0.6) is 5.75 Å². The molecule has 2 aromatic carbocycles. The van der Waals surface area contributed by atoms with Gasteiger partial charge in [-0.1, -0.05) is 117 Å². The number of fused-ring (bicyclic) bond motifs is 5. The van der Waals surface area contributed by atoms with Crippen LogP contribution in [0.15, 0.2) is 173 Å². The Labute approximate surface area is 308 Å². The monoisotopic (exact) mass is 681 g/mol. The summed E-state index contributed by atoms with van der Waals surface area (Å²) in [5.74, 6) is 3.56. The van der Waals surface area contributed by atoms with Crippen molar-refractivity contribution >= 4 is 11.5 Å². The lowest BCUT2D eigenvalue weighted by atomic mass is 9.72. The molecule has 3 heterocycles. The molecule has 0 radical (unpaired) electrons. The number of nitrogens with one attached hydrogen (secondary N) is 1. The summed E-state index contributed by atoms with van der Waals surface area (Å²) in [6.45, 7) is 7.22. The fourth-order valence-electron chi connectivity index (χ4n) is 10.1. The Morgan fingerprint density at radius 1 is 0.923 bits per heavy atom. The van der Waals surface area contributed by atoms with Crippen LogP contribution in [0.25, 0.3) is 0 Å². The largest absolute Gasteiger partial charge is 0.485 e. The maximum atomic E-state index is 6.75. The first-order valence-corrected chi connectivity index (χ1v) is 19.5. The minimum atomic E-state index is -0.0890. The molecule has 1 N–H and O–H groups in total. The summed E-state index contributed by atoms with van der Waals surface area (Å²) >= 11 is 0. The van der Waals surface area contributed by atoms with E-state index in [0.717, 1.165) is 35.6 Å². The Balaban J connectivity index is 1.03. The molecule has 0 bridgehead atoms. The maximum absolute atomic E-state index is 6.75. The Morgan fingerprint density at radius 3 is 2.73 bits per heavy atom. The van der Waals surface area contributed by atoms with Gasteiger partial charge in [0.2, 0.25) is 0 Å². The first kappa shape index (κ1) is 31.6. The van der Waals surface area contributed by atoms with Gasteiger partial charge in [0.1, 0.15) is 17.7 Å². The molecule has 0 aromatic heterocycles. The third-order valence-corrected chi connectivity index (χ3v) is 12.8. The molecule has 0 saturated carbocycles. The van der Waals surface area contributed by atoms with E-state index >= 15 is 0 Å². The average molecular weight is 682 g/mol. The second kappa shape index (κ2) is 12.8. The van der Waals surface area contributed by atoms with E-state index in [2.05, 4.69) is 151 Å². The van der Waals surface area contributed by atoms with Gasteiger partial charge in [-0.25, -0.2) is 0 Å². The van der Waals surface area contributed by atoms with E-state index in [1.165, 1.54) is 47.4 Å². The van der Waals surface area contributed by atoms with Gasteiger partial charge in [-0.2, -0.15) is 0 Å². The number of rotatable bonds is 5. The molecule has 0 fully saturated rings. The highest BCUT2D eigenvalue weighted by molar-refractivity contribution is 6.00. The van der Waals surface area contributed by atoms with Crippen molar-refractivity contribution in [1.29, 1.82) is 0 Å². The Morgan fingerprint density at radius 2 is 1.85 bits per heavy atom. The second-order valence-electron chi connectivity index (χ2n) is 15.7. The van der Waals surface area contributed by atoms with Crippen molar-refractivity contribution in [3.8, 4) is 5.75 Å². The van der Waals surface area contributed by atoms with Crippen molar-refractivity contribution < 1.29 is 4.74 Å². The van der Waals surface area contributed by atoms with Crippen molar-refractivity contribution in [3.05, 3.63) is 179 Å². The highest BCUT2D eigenvalue weighted by Crippen LogP contribution is 2.52. The number of benzene rings is 2. The molecular weight excluding hydrogens is 635 g/mol. The van der Waals surface area contributed by atoms with Gasteiger partial charge in [-0.05, 0) is 90.7 Å². The van der Waals surface area contributed by atoms with Crippen LogP contribution in [0, 0.1) is 23.7 Å². The molecule has 9 unspecified atom stereocenters. The summed E-state index contributed by atoms with van der Waals surface area (Å²) in [4.78, 5) is 8.12. The smallest absolute Gasteiger partial charge is 0.129 e. The van der Waals surface area contributed by atoms with Crippen LogP contribution in [-0.2, 0) is 0 Å². The highest BCUT2D eigenvalue weighted by atomic mass is 16.5. The first-order chi connectivity index (χ1) is 25.6. The van der Waals surface area contributed by atoms with Crippen molar-refractivity contribution in [1.82, 2.24) is 5.32 Å². The molecule has 8 aliphatic rings. The van der Waals surface area contributed by atoms with Crippen LogP contribution < -0.4 is 15.0 Å². The molecule has 9 atom stereocenters. The zero-order valence-corrected chi connectivity index (χ0v) is 29.9. The Kier molecular flexibility index (Phi) is 7.81. The van der Waals surface area contributed by atoms with Crippen LogP contribution in [0.1, 0.15) is 56.1 Å². The molecule has 4 nitrogen and oxygen atoms in total. The fourth-order valence-corrected chi connectivity index (χ4v) is 10.1. The SMILES string of the molecule is C=C1C(C2=CC=CC3Oc4ccc(N5C6=C(CCC=C6)C6CCC=CC65)cc4C23)NC(c2ccccc2)=NC1C1C=C(C2C=CC=CC2)C=CC1C. The van der Waals surface area contributed by atoms with Crippen LogP contribution in [0.2, 0.25) is 0 Å². The number of nitrogens with zero attached hydrogens (tertiary/aromatic N) is 2. The fraction of sp³-hybridized carbons (Fsp3) is 0.312.